The zero-order chi connectivity index (χ0) is 19.9. The lowest BCUT2D eigenvalue weighted by molar-refractivity contribution is 0.303. The first-order valence-corrected chi connectivity index (χ1v) is 11.1. The van der Waals surface area contributed by atoms with E-state index >= 15 is 0 Å². The SMILES string of the molecule is C=C(CO)c1ccc(-c2ccc(C3CCC(CCCCC)CC3)cc2)c(C)c1. The van der Waals surface area contributed by atoms with Gasteiger partial charge in [-0.15, -0.1) is 0 Å². The molecule has 150 valence electrons. The minimum absolute atomic E-state index is 0.00827. The van der Waals surface area contributed by atoms with Crippen molar-refractivity contribution < 1.29 is 5.11 Å². The third-order valence-corrected chi connectivity index (χ3v) is 6.58. The van der Waals surface area contributed by atoms with E-state index in [-0.39, 0.29) is 6.61 Å². The van der Waals surface area contributed by atoms with Gasteiger partial charge in [-0.05, 0) is 77.8 Å². The van der Waals surface area contributed by atoms with E-state index in [1.165, 1.54) is 73.6 Å². The van der Waals surface area contributed by atoms with E-state index in [1.807, 2.05) is 0 Å². The summed E-state index contributed by atoms with van der Waals surface area (Å²) in [7, 11) is 0. The maximum Gasteiger partial charge on any atom is 0.0681 e. The van der Waals surface area contributed by atoms with Gasteiger partial charge in [-0.25, -0.2) is 0 Å². The van der Waals surface area contributed by atoms with Crippen molar-refractivity contribution >= 4 is 5.57 Å². The molecule has 1 N–H and O–H groups in total. The fraction of sp³-hybridized carbons (Fsp3) is 0.481. The predicted octanol–water partition coefficient (Wildman–Crippen LogP) is 7.52. The second-order valence-corrected chi connectivity index (χ2v) is 8.63. The Bertz CT molecular complexity index is 763. The Labute approximate surface area is 171 Å². The Morgan fingerprint density at radius 3 is 2.32 bits per heavy atom. The van der Waals surface area contributed by atoms with E-state index in [0.29, 0.717) is 0 Å². The highest BCUT2D eigenvalue weighted by Gasteiger charge is 2.22. The summed E-state index contributed by atoms with van der Waals surface area (Å²) >= 11 is 0. The molecule has 1 saturated carbocycles. The van der Waals surface area contributed by atoms with Crippen LogP contribution in [0.2, 0.25) is 0 Å². The highest BCUT2D eigenvalue weighted by atomic mass is 16.3. The van der Waals surface area contributed by atoms with E-state index in [4.69, 9.17) is 0 Å². The third-order valence-electron chi connectivity index (χ3n) is 6.58. The number of aliphatic hydroxyl groups excluding tert-OH is 1. The normalized spacial score (nSPS) is 19.5. The molecule has 0 atom stereocenters. The number of rotatable bonds is 8. The van der Waals surface area contributed by atoms with Gasteiger partial charge in [-0.2, -0.15) is 0 Å². The van der Waals surface area contributed by atoms with E-state index in [0.717, 1.165) is 23.0 Å². The number of unbranched alkanes of at least 4 members (excludes halogenated alkanes) is 2. The van der Waals surface area contributed by atoms with Crippen LogP contribution in [-0.4, -0.2) is 11.7 Å². The molecule has 1 nitrogen and oxygen atoms in total. The monoisotopic (exact) mass is 376 g/mol. The van der Waals surface area contributed by atoms with Crippen LogP contribution in [0.5, 0.6) is 0 Å². The highest BCUT2D eigenvalue weighted by molar-refractivity contribution is 5.72. The van der Waals surface area contributed by atoms with Gasteiger partial charge in [0.15, 0.2) is 0 Å². The van der Waals surface area contributed by atoms with Crippen molar-refractivity contribution in [3.8, 4) is 11.1 Å². The molecule has 3 rings (SSSR count). The van der Waals surface area contributed by atoms with E-state index in [1.54, 1.807) is 0 Å². The molecule has 2 aromatic rings. The third kappa shape index (κ3) is 5.14. The van der Waals surface area contributed by atoms with Crippen molar-refractivity contribution in [3.63, 3.8) is 0 Å². The van der Waals surface area contributed by atoms with Crippen LogP contribution < -0.4 is 0 Å². The summed E-state index contributed by atoms with van der Waals surface area (Å²) in [5.41, 5.74) is 7.08. The van der Waals surface area contributed by atoms with Gasteiger partial charge in [-0.3, -0.25) is 0 Å². The Balaban J connectivity index is 1.62. The maximum atomic E-state index is 9.29. The van der Waals surface area contributed by atoms with E-state index in [9.17, 15) is 5.11 Å². The molecule has 0 heterocycles. The summed E-state index contributed by atoms with van der Waals surface area (Å²) in [6.07, 6.45) is 11.1. The van der Waals surface area contributed by atoms with Crippen molar-refractivity contribution in [1.82, 2.24) is 0 Å². The van der Waals surface area contributed by atoms with Gasteiger partial charge >= 0.3 is 0 Å². The average Bonchev–Trinajstić information content (AvgIpc) is 2.74. The molecule has 0 aromatic heterocycles. The lowest BCUT2D eigenvalue weighted by Crippen LogP contribution is -2.13. The largest absolute Gasteiger partial charge is 0.392 e. The number of hydrogen-bond acceptors (Lipinski definition) is 1. The van der Waals surface area contributed by atoms with Crippen LogP contribution in [0, 0.1) is 12.8 Å². The van der Waals surface area contributed by atoms with Crippen LogP contribution in [-0.2, 0) is 0 Å². The molecule has 0 spiro atoms. The van der Waals surface area contributed by atoms with Gasteiger partial charge in [-0.1, -0.05) is 81.7 Å². The topological polar surface area (TPSA) is 20.2 Å². The van der Waals surface area contributed by atoms with Crippen molar-refractivity contribution in [3.05, 3.63) is 65.7 Å². The second kappa shape index (κ2) is 10.1. The molecule has 0 radical (unpaired) electrons. The van der Waals surface area contributed by atoms with Gasteiger partial charge in [0.05, 0.1) is 6.61 Å². The van der Waals surface area contributed by atoms with Crippen LogP contribution in [0.25, 0.3) is 16.7 Å². The molecule has 28 heavy (non-hydrogen) atoms. The first-order chi connectivity index (χ1) is 13.6. The molecule has 0 unspecified atom stereocenters. The molecule has 1 fully saturated rings. The molecule has 2 aromatic carbocycles. The molecule has 0 bridgehead atoms. The summed E-state index contributed by atoms with van der Waals surface area (Å²) in [5.74, 6) is 1.71. The van der Waals surface area contributed by atoms with E-state index in [2.05, 4.69) is 62.9 Å². The fourth-order valence-electron chi connectivity index (χ4n) is 4.70. The number of benzene rings is 2. The molecule has 0 saturated heterocycles. The van der Waals surface area contributed by atoms with Crippen LogP contribution in [0.4, 0.5) is 0 Å². The Kier molecular flexibility index (Phi) is 7.50. The summed E-state index contributed by atoms with van der Waals surface area (Å²) < 4.78 is 0. The van der Waals surface area contributed by atoms with Crippen LogP contribution in [0.15, 0.2) is 49.0 Å². The molecular formula is C27H36O. The van der Waals surface area contributed by atoms with Gasteiger partial charge in [0, 0.05) is 0 Å². The Hall–Kier alpha value is -1.86. The van der Waals surface area contributed by atoms with Crippen LogP contribution >= 0.6 is 0 Å². The lowest BCUT2D eigenvalue weighted by Gasteiger charge is -2.29. The zero-order valence-electron chi connectivity index (χ0n) is 17.7. The van der Waals surface area contributed by atoms with Gasteiger partial charge in [0.2, 0.25) is 0 Å². The molecule has 1 aliphatic rings. The van der Waals surface area contributed by atoms with Crippen molar-refractivity contribution in [2.75, 3.05) is 6.61 Å². The molecular weight excluding hydrogens is 340 g/mol. The predicted molar refractivity (Wildman–Crippen MR) is 122 cm³/mol. The van der Waals surface area contributed by atoms with Gasteiger partial charge in [0.1, 0.15) is 0 Å². The Morgan fingerprint density at radius 2 is 1.71 bits per heavy atom. The molecule has 1 heteroatoms. The molecule has 0 aliphatic heterocycles. The van der Waals surface area contributed by atoms with Crippen molar-refractivity contribution in [2.45, 2.75) is 71.1 Å². The molecule has 0 amide bonds. The fourth-order valence-corrected chi connectivity index (χ4v) is 4.70. The van der Waals surface area contributed by atoms with Crippen molar-refractivity contribution in [2.24, 2.45) is 5.92 Å². The number of hydrogen-bond donors (Lipinski definition) is 1. The quantitative estimate of drug-likeness (QED) is 0.472. The minimum atomic E-state index is 0.00827. The number of aliphatic hydroxyl groups is 1. The Morgan fingerprint density at radius 1 is 1.00 bits per heavy atom. The highest BCUT2D eigenvalue weighted by Crippen LogP contribution is 2.38. The lowest BCUT2D eigenvalue weighted by atomic mass is 9.77. The zero-order valence-corrected chi connectivity index (χ0v) is 17.7. The summed E-state index contributed by atoms with van der Waals surface area (Å²) in [5, 5.41) is 9.29. The average molecular weight is 377 g/mol. The summed E-state index contributed by atoms with van der Waals surface area (Å²) in [6, 6.07) is 15.6. The minimum Gasteiger partial charge on any atom is -0.392 e. The van der Waals surface area contributed by atoms with Gasteiger partial charge < -0.3 is 5.11 Å². The molecule has 1 aliphatic carbocycles. The summed E-state index contributed by atoms with van der Waals surface area (Å²) in [4.78, 5) is 0. The van der Waals surface area contributed by atoms with Crippen LogP contribution in [0.1, 0.15) is 80.9 Å². The summed E-state index contributed by atoms with van der Waals surface area (Å²) in [6.45, 7) is 8.36. The maximum absolute atomic E-state index is 9.29. The smallest absolute Gasteiger partial charge is 0.0681 e. The standard InChI is InChI=1S/C27H36O/c1-4-5-6-7-22-8-10-23(11-9-22)24-12-14-25(15-13-24)27-17-16-26(18-20(27)2)21(3)19-28/h12-18,22-23,28H,3-11,19H2,1-2H3. The first kappa shape index (κ1) is 20.9. The van der Waals surface area contributed by atoms with E-state index < -0.39 is 0 Å². The van der Waals surface area contributed by atoms with Crippen molar-refractivity contribution in [1.29, 1.82) is 0 Å². The number of aryl methyl sites for hydroxylation is 1. The van der Waals surface area contributed by atoms with Crippen LogP contribution in [0.3, 0.4) is 0 Å². The second-order valence-electron chi connectivity index (χ2n) is 8.63. The van der Waals surface area contributed by atoms with Gasteiger partial charge in [0.25, 0.3) is 0 Å². The first-order valence-electron chi connectivity index (χ1n) is 11.1.